The van der Waals surface area contributed by atoms with Gasteiger partial charge in [-0.3, -0.25) is 9.10 Å². The largest absolute Gasteiger partial charge is 0.322 e. The molecule has 6 nitrogen and oxygen atoms in total. The Morgan fingerprint density at radius 2 is 1.96 bits per heavy atom. The molecule has 0 radical (unpaired) electrons. The molecule has 0 spiro atoms. The van der Waals surface area contributed by atoms with E-state index in [2.05, 4.69) is 10.3 Å². The number of nitrogens with zero attached hydrogens (tertiary/aromatic N) is 2. The maximum atomic E-state index is 12.3. The van der Waals surface area contributed by atoms with Crippen molar-refractivity contribution >= 4 is 48.9 Å². The van der Waals surface area contributed by atoms with Gasteiger partial charge in [0.25, 0.3) is 5.91 Å². The number of rotatable bonds is 3. The highest BCUT2D eigenvalue weighted by Crippen LogP contribution is 2.25. The molecule has 3 aromatic rings. The summed E-state index contributed by atoms with van der Waals surface area (Å²) >= 11 is 1.55. The number of anilines is 2. The molecule has 1 fully saturated rings. The molecule has 2 aromatic carbocycles. The fourth-order valence-corrected chi connectivity index (χ4v) is 4.30. The van der Waals surface area contributed by atoms with Crippen LogP contribution in [-0.4, -0.2) is 31.6 Å². The monoisotopic (exact) mass is 359 g/mol. The SMILES string of the molecule is O=C(Nc1ccc2scnc2c1)c1ccc(N2CCS2(=O)=O)cc1. The molecule has 0 bridgehead atoms. The molecule has 1 aromatic heterocycles. The van der Waals surface area contributed by atoms with Crippen LogP contribution in [0.3, 0.4) is 0 Å². The number of hydrogen-bond acceptors (Lipinski definition) is 5. The Morgan fingerprint density at radius 1 is 1.17 bits per heavy atom. The van der Waals surface area contributed by atoms with E-state index in [1.54, 1.807) is 41.1 Å². The third-order valence-corrected chi connectivity index (χ3v) is 6.47. The standard InChI is InChI=1S/C16H13N3O3S2/c20-16(18-12-3-6-15-14(9-12)17-10-23-15)11-1-4-13(5-2-11)19-7-8-24(19,21)22/h1-6,9-10H,7-8H2,(H,18,20). The molecule has 8 heteroatoms. The molecule has 4 rings (SSSR count). The number of hydrogen-bond donors (Lipinski definition) is 1. The zero-order chi connectivity index (χ0) is 16.7. The van der Waals surface area contributed by atoms with E-state index in [1.165, 1.54) is 4.31 Å². The Morgan fingerprint density at radius 3 is 2.62 bits per heavy atom. The first-order valence-electron chi connectivity index (χ1n) is 7.28. The van der Waals surface area contributed by atoms with Crippen molar-refractivity contribution in [1.29, 1.82) is 0 Å². The van der Waals surface area contributed by atoms with Crippen molar-refractivity contribution in [3.05, 3.63) is 53.5 Å². The van der Waals surface area contributed by atoms with E-state index in [0.717, 1.165) is 10.2 Å². The predicted molar refractivity (Wildman–Crippen MR) is 95.1 cm³/mol. The average Bonchev–Trinajstić information content (AvgIpc) is 3.02. The van der Waals surface area contributed by atoms with E-state index in [1.807, 2.05) is 18.2 Å². The van der Waals surface area contributed by atoms with Crippen LogP contribution in [0.1, 0.15) is 10.4 Å². The highest BCUT2D eigenvalue weighted by Gasteiger charge is 2.32. The summed E-state index contributed by atoms with van der Waals surface area (Å²) in [6.07, 6.45) is 0. The number of carbonyl (C=O) groups is 1. The van der Waals surface area contributed by atoms with Gasteiger partial charge < -0.3 is 5.32 Å². The molecule has 2 heterocycles. The summed E-state index contributed by atoms with van der Waals surface area (Å²) in [6, 6.07) is 12.1. The van der Waals surface area contributed by atoms with Crippen LogP contribution >= 0.6 is 11.3 Å². The van der Waals surface area contributed by atoms with Crippen molar-refractivity contribution in [2.75, 3.05) is 21.9 Å². The molecule has 1 N–H and O–H groups in total. The minimum absolute atomic E-state index is 0.175. The van der Waals surface area contributed by atoms with Crippen molar-refractivity contribution in [3.63, 3.8) is 0 Å². The Bertz CT molecular complexity index is 1030. The number of carbonyl (C=O) groups excluding carboxylic acids is 1. The molecule has 0 saturated carbocycles. The van der Waals surface area contributed by atoms with Gasteiger partial charge in [-0.2, -0.15) is 0 Å². The topological polar surface area (TPSA) is 79.4 Å². The smallest absolute Gasteiger partial charge is 0.255 e. The number of amides is 1. The van der Waals surface area contributed by atoms with E-state index < -0.39 is 10.0 Å². The maximum Gasteiger partial charge on any atom is 0.255 e. The van der Waals surface area contributed by atoms with Crippen molar-refractivity contribution in [3.8, 4) is 0 Å². The van der Waals surface area contributed by atoms with Gasteiger partial charge in [-0.15, -0.1) is 11.3 Å². The normalized spacial score (nSPS) is 15.9. The summed E-state index contributed by atoms with van der Waals surface area (Å²) < 4.78 is 25.6. The van der Waals surface area contributed by atoms with Gasteiger partial charge in [-0.1, -0.05) is 0 Å². The van der Waals surface area contributed by atoms with Crippen LogP contribution < -0.4 is 9.62 Å². The van der Waals surface area contributed by atoms with E-state index in [-0.39, 0.29) is 11.7 Å². The van der Waals surface area contributed by atoms with Gasteiger partial charge in [0.2, 0.25) is 10.0 Å². The quantitative estimate of drug-likeness (QED) is 0.780. The summed E-state index contributed by atoms with van der Waals surface area (Å²) in [6.45, 7) is 0.488. The Balaban J connectivity index is 1.51. The molecule has 1 aliphatic heterocycles. The van der Waals surface area contributed by atoms with Crippen molar-refractivity contribution < 1.29 is 13.2 Å². The predicted octanol–water partition coefficient (Wildman–Crippen LogP) is 2.70. The Hall–Kier alpha value is -2.45. The van der Waals surface area contributed by atoms with Gasteiger partial charge in [0.1, 0.15) is 0 Å². The number of fused-ring (bicyclic) bond motifs is 1. The number of nitrogens with one attached hydrogen (secondary N) is 1. The lowest BCUT2D eigenvalue weighted by Crippen LogP contribution is -2.47. The second-order valence-corrected chi connectivity index (χ2v) is 8.32. The number of benzene rings is 2. The van der Waals surface area contributed by atoms with Crippen LogP contribution in [0.5, 0.6) is 0 Å². The lowest BCUT2D eigenvalue weighted by Gasteiger charge is -2.32. The third kappa shape index (κ3) is 2.63. The molecular formula is C16H13N3O3S2. The van der Waals surface area contributed by atoms with Gasteiger partial charge in [0.15, 0.2) is 0 Å². The van der Waals surface area contributed by atoms with Gasteiger partial charge >= 0.3 is 0 Å². The van der Waals surface area contributed by atoms with E-state index in [9.17, 15) is 13.2 Å². The number of thiazole rings is 1. The second-order valence-electron chi connectivity index (χ2n) is 5.42. The first-order chi connectivity index (χ1) is 11.5. The Kier molecular flexibility index (Phi) is 3.50. The zero-order valence-corrected chi connectivity index (χ0v) is 14.1. The van der Waals surface area contributed by atoms with Crippen LogP contribution in [0.25, 0.3) is 10.2 Å². The van der Waals surface area contributed by atoms with E-state index in [0.29, 0.717) is 23.5 Å². The summed E-state index contributed by atoms with van der Waals surface area (Å²) in [4.78, 5) is 16.5. The lowest BCUT2D eigenvalue weighted by molar-refractivity contribution is 0.102. The van der Waals surface area contributed by atoms with Gasteiger partial charge in [0.05, 0.1) is 27.2 Å². The van der Waals surface area contributed by atoms with E-state index >= 15 is 0 Å². The molecule has 0 unspecified atom stereocenters. The van der Waals surface area contributed by atoms with Crippen molar-refractivity contribution in [2.24, 2.45) is 0 Å². The summed E-state index contributed by atoms with van der Waals surface area (Å²) in [5, 5.41) is 2.83. The highest BCUT2D eigenvalue weighted by molar-refractivity contribution is 7.94. The zero-order valence-electron chi connectivity index (χ0n) is 12.5. The first kappa shape index (κ1) is 15.1. The molecule has 24 heavy (non-hydrogen) atoms. The van der Waals surface area contributed by atoms with Crippen LogP contribution in [-0.2, 0) is 10.0 Å². The molecule has 1 aliphatic rings. The van der Waals surface area contributed by atoms with E-state index in [4.69, 9.17) is 0 Å². The van der Waals surface area contributed by atoms with Crippen LogP contribution in [0.15, 0.2) is 48.0 Å². The fourth-order valence-electron chi connectivity index (χ4n) is 2.54. The molecule has 122 valence electrons. The molecule has 0 aliphatic carbocycles. The molecule has 1 amide bonds. The number of sulfonamides is 1. The third-order valence-electron chi connectivity index (χ3n) is 3.89. The second kappa shape index (κ2) is 5.57. The van der Waals surface area contributed by atoms with Crippen LogP contribution in [0, 0.1) is 0 Å². The van der Waals surface area contributed by atoms with Gasteiger partial charge in [0, 0.05) is 17.8 Å². The highest BCUT2D eigenvalue weighted by atomic mass is 32.2. The first-order valence-corrected chi connectivity index (χ1v) is 9.77. The summed E-state index contributed by atoms with van der Waals surface area (Å²) in [5.41, 5.74) is 4.33. The van der Waals surface area contributed by atoms with Crippen LogP contribution in [0.2, 0.25) is 0 Å². The van der Waals surface area contributed by atoms with Crippen molar-refractivity contribution in [2.45, 2.75) is 0 Å². The summed E-state index contributed by atoms with van der Waals surface area (Å²) in [5.74, 6) is -0.0727. The molecular weight excluding hydrogens is 346 g/mol. The Labute approximate surface area is 142 Å². The fraction of sp³-hybridized carbons (Fsp3) is 0.125. The molecule has 0 atom stereocenters. The lowest BCUT2D eigenvalue weighted by atomic mass is 10.2. The number of aromatic nitrogens is 1. The van der Waals surface area contributed by atoms with Crippen LogP contribution in [0.4, 0.5) is 11.4 Å². The summed E-state index contributed by atoms with van der Waals surface area (Å²) in [7, 11) is -3.15. The van der Waals surface area contributed by atoms with Gasteiger partial charge in [-0.05, 0) is 42.5 Å². The average molecular weight is 359 g/mol. The maximum absolute atomic E-state index is 12.3. The van der Waals surface area contributed by atoms with Crippen molar-refractivity contribution in [1.82, 2.24) is 4.98 Å². The minimum Gasteiger partial charge on any atom is -0.322 e. The molecule has 1 saturated heterocycles. The minimum atomic E-state index is -3.15. The van der Waals surface area contributed by atoms with Gasteiger partial charge in [-0.25, -0.2) is 13.4 Å².